The number of benzene rings is 2. The lowest BCUT2D eigenvalue weighted by Gasteiger charge is -2.09. The SMILES string of the molecule is CC.Cc1cccc(Oc2cc(C)nc(C)n2)c1.Cc1nc(Oc2cccc(C#N)c2)cc(C(F)(F)F)n1. The molecule has 0 bridgehead atoms. The number of ether oxygens (including phenoxy) is 2. The van der Waals surface area contributed by atoms with Crippen molar-refractivity contribution in [2.45, 2.75) is 47.7 Å². The summed E-state index contributed by atoms with van der Waals surface area (Å²) in [4.78, 5) is 15.5. The summed E-state index contributed by atoms with van der Waals surface area (Å²) in [5.41, 5.74) is 1.34. The molecule has 0 fully saturated rings. The molecule has 4 aromatic rings. The number of nitrogens with zero attached hydrogens (tertiary/aromatic N) is 5. The third-order valence-electron chi connectivity index (χ3n) is 4.44. The van der Waals surface area contributed by atoms with E-state index in [4.69, 9.17) is 14.7 Å². The zero-order valence-electron chi connectivity index (χ0n) is 22.0. The zero-order valence-corrected chi connectivity index (χ0v) is 22.0. The Hall–Kier alpha value is -4.52. The molecule has 7 nitrogen and oxygen atoms in total. The fourth-order valence-electron chi connectivity index (χ4n) is 3.02. The Morgan fingerprint density at radius 3 is 1.82 bits per heavy atom. The number of aryl methyl sites for hydroxylation is 4. The van der Waals surface area contributed by atoms with E-state index in [1.54, 1.807) is 12.1 Å². The molecule has 0 aliphatic heterocycles. The number of alkyl halides is 3. The van der Waals surface area contributed by atoms with Gasteiger partial charge in [0.1, 0.15) is 23.1 Å². The minimum absolute atomic E-state index is 0.0498. The predicted octanol–water partition coefficient (Wildman–Crippen LogP) is 7.69. The third kappa shape index (κ3) is 9.50. The van der Waals surface area contributed by atoms with E-state index in [9.17, 15) is 13.2 Å². The van der Waals surface area contributed by atoms with E-state index in [2.05, 4.69) is 19.9 Å². The zero-order chi connectivity index (χ0) is 28.3. The quantitative estimate of drug-likeness (QED) is 0.271. The minimum Gasteiger partial charge on any atom is -0.439 e. The second kappa shape index (κ2) is 13.7. The summed E-state index contributed by atoms with van der Waals surface area (Å²) < 4.78 is 48.8. The molecule has 0 aliphatic rings. The van der Waals surface area contributed by atoms with Crippen LogP contribution in [0, 0.1) is 39.0 Å². The second-order valence-corrected chi connectivity index (χ2v) is 7.69. The van der Waals surface area contributed by atoms with Crippen molar-refractivity contribution in [1.82, 2.24) is 19.9 Å². The Morgan fingerprint density at radius 1 is 0.711 bits per heavy atom. The molecule has 0 saturated heterocycles. The van der Waals surface area contributed by atoms with Crippen LogP contribution >= 0.6 is 0 Å². The molecule has 38 heavy (non-hydrogen) atoms. The van der Waals surface area contributed by atoms with Gasteiger partial charge in [-0.2, -0.15) is 28.4 Å². The summed E-state index contributed by atoms with van der Waals surface area (Å²) in [6.45, 7) is 11.2. The van der Waals surface area contributed by atoms with E-state index >= 15 is 0 Å². The van der Waals surface area contributed by atoms with Crippen LogP contribution in [0.15, 0.2) is 60.7 Å². The Balaban J connectivity index is 0.000000256. The highest BCUT2D eigenvalue weighted by Crippen LogP contribution is 2.30. The molecule has 10 heteroatoms. The molecule has 4 rings (SSSR count). The first-order valence-electron chi connectivity index (χ1n) is 11.7. The summed E-state index contributed by atoms with van der Waals surface area (Å²) in [7, 11) is 0. The van der Waals surface area contributed by atoms with Gasteiger partial charge < -0.3 is 9.47 Å². The van der Waals surface area contributed by atoms with Crippen LogP contribution in [-0.2, 0) is 6.18 Å². The van der Waals surface area contributed by atoms with Gasteiger partial charge in [-0.15, -0.1) is 0 Å². The van der Waals surface area contributed by atoms with Gasteiger partial charge >= 0.3 is 6.18 Å². The molecule has 2 aromatic carbocycles. The van der Waals surface area contributed by atoms with Crippen molar-refractivity contribution in [2.24, 2.45) is 0 Å². The monoisotopic (exact) mass is 523 g/mol. The van der Waals surface area contributed by atoms with Crippen LogP contribution in [0.1, 0.15) is 48.0 Å². The van der Waals surface area contributed by atoms with Gasteiger partial charge in [-0.05, 0) is 63.6 Å². The number of aromatic nitrogens is 4. The molecular formula is C28H28F3N5O2. The molecule has 2 aromatic heterocycles. The lowest BCUT2D eigenvalue weighted by molar-refractivity contribution is -0.141. The summed E-state index contributed by atoms with van der Waals surface area (Å²) in [6.07, 6.45) is -4.57. The minimum atomic E-state index is -4.57. The largest absolute Gasteiger partial charge is 0.439 e. The average molecular weight is 524 g/mol. The first-order valence-corrected chi connectivity index (χ1v) is 11.7. The second-order valence-electron chi connectivity index (χ2n) is 7.69. The fourth-order valence-corrected chi connectivity index (χ4v) is 3.02. The van der Waals surface area contributed by atoms with E-state index in [-0.39, 0.29) is 17.5 Å². The van der Waals surface area contributed by atoms with Crippen LogP contribution in [0.25, 0.3) is 0 Å². The van der Waals surface area contributed by atoms with Gasteiger partial charge in [0.25, 0.3) is 0 Å². The van der Waals surface area contributed by atoms with Crippen LogP contribution in [0.3, 0.4) is 0 Å². The third-order valence-corrected chi connectivity index (χ3v) is 4.44. The van der Waals surface area contributed by atoms with E-state index in [0.29, 0.717) is 17.5 Å². The Bertz CT molecular complexity index is 1380. The highest BCUT2D eigenvalue weighted by Gasteiger charge is 2.33. The first kappa shape index (κ1) is 29.7. The highest BCUT2D eigenvalue weighted by molar-refractivity contribution is 5.38. The first-order chi connectivity index (χ1) is 18.0. The van der Waals surface area contributed by atoms with Crippen molar-refractivity contribution in [2.75, 3.05) is 0 Å². The number of nitriles is 1. The summed E-state index contributed by atoms with van der Waals surface area (Å²) in [6, 6.07) is 18.4. The van der Waals surface area contributed by atoms with Crippen molar-refractivity contribution in [3.63, 3.8) is 0 Å². The smallest absolute Gasteiger partial charge is 0.433 e. The molecule has 0 spiro atoms. The Labute approximate surface area is 220 Å². The van der Waals surface area contributed by atoms with Crippen molar-refractivity contribution >= 4 is 0 Å². The van der Waals surface area contributed by atoms with Crippen molar-refractivity contribution in [3.8, 4) is 29.3 Å². The number of hydrogen-bond donors (Lipinski definition) is 0. The molecule has 0 unspecified atom stereocenters. The molecule has 0 amide bonds. The summed E-state index contributed by atoms with van der Waals surface area (Å²) in [5, 5.41) is 8.74. The predicted molar refractivity (Wildman–Crippen MR) is 137 cm³/mol. The molecule has 0 aliphatic carbocycles. The summed E-state index contributed by atoms with van der Waals surface area (Å²) in [5.74, 6) is 2.08. The number of hydrogen-bond acceptors (Lipinski definition) is 7. The van der Waals surface area contributed by atoms with Crippen molar-refractivity contribution < 1.29 is 22.6 Å². The van der Waals surface area contributed by atoms with Crippen LogP contribution in [0.4, 0.5) is 13.2 Å². The van der Waals surface area contributed by atoms with Gasteiger partial charge in [0, 0.05) is 17.8 Å². The van der Waals surface area contributed by atoms with Crippen molar-refractivity contribution in [1.29, 1.82) is 5.26 Å². The molecule has 0 radical (unpaired) electrons. The maximum atomic E-state index is 12.6. The van der Waals surface area contributed by atoms with Gasteiger partial charge in [0.05, 0.1) is 11.6 Å². The molecule has 0 atom stereocenters. The van der Waals surface area contributed by atoms with Gasteiger partial charge in [-0.25, -0.2) is 9.97 Å². The molecule has 2 heterocycles. The van der Waals surface area contributed by atoms with Crippen LogP contribution in [0.2, 0.25) is 0 Å². The van der Waals surface area contributed by atoms with Gasteiger partial charge in [0.2, 0.25) is 11.8 Å². The topological polar surface area (TPSA) is 93.8 Å². The molecular weight excluding hydrogens is 495 g/mol. The lowest BCUT2D eigenvalue weighted by atomic mass is 10.2. The standard InChI is InChI=1S/C13H8F3N3O.C13H14N2O.C2H6/c1-8-18-11(13(14,15)16)6-12(19-8)20-10-4-2-3-9(5-10)7-17;1-9-5-4-6-12(7-9)16-13-8-10(2)14-11(3)15-13;1-2/h2-6H,1H3;4-8H,1-3H3;1-2H3. The van der Waals surface area contributed by atoms with Crippen LogP contribution in [-0.4, -0.2) is 19.9 Å². The maximum Gasteiger partial charge on any atom is 0.433 e. The van der Waals surface area contributed by atoms with E-state index in [1.807, 2.05) is 71.0 Å². The van der Waals surface area contributed by atoms with E-state index in [1.165, 1.54) is 24.6 Å². The highest BCUT2D eigenvalue weighted by atomic mass is 19.4. The van der Waals surface area contributed by atoms with Crippen LogP contribution in [0.5, 0.6) is 23.3 Å². The molecule has 198 valence electrons. The number of halogens is 3. The van der Waals surface area contributed by atoms with Crippen molar-refractivity contribution in [3.05, 3.63) is 94.8 Å². The van der Waals surface area contributed by atoms with Gasteiger partial charge in [0.15, 0.2) is 5.69 Å². The van der Waals surface area contributed by atoms with Gasteiger partial charge in [-0.3, -0.25) is 0 Å². The molecule has 0 N–H and O–H groups in total. The molecule has 0 saturated carbocycles. The van der Waals surface area contributed by atoms with Gasteiger partial charge in [-0.1, -0.05) is 32.0 Å². The normalized spacial score (nSPS) is 10.2. The van der Waals surface area contributed by atoms with E-state index < -0.39 is 11.9 Å². The van der Waals surface area contributed by atoms with E-state index in [0.717, 1.165) is 17.3 Å². The maximum absolute atomic E-state index is 12.6. The Morgan fingerprint density at radius 2 is 1.26 bits per heavy atom. The number of rotatable bonds is 4. The van der Waals surface area contributed by atoms with Crippen LogP contribution < -0.4 is 9.47 Å². The summed E-state index contributed by atoms with van der Waals surface area (Å²) >= 11 is 0. The Kier molecular flexibility index (Phi) is 10.7. The fraction of sp³-hybridized carbons (Fsp3) is 0.250. The lowest BCUT2D eigenvalue weighted by Crippen LogP contribution is -2.10. The average Bonchev–Trinajstić information content (AvgIpc) is 2.84.